The molecular weight excluding hydrogens is 301 g/mol. The van der Waals surface area contributed by atoms with Gasteiger partial charge < -0.3 is 9.64 Å². The molecule has 1 saturated heterocycles. The Morgan fingerprint density at radius 1 is 1.36 bits per heavy atom. The van der Waals surface area contributed by atoms with Gasteiger partial charge in [-0.25, -0.2) is 0 Å². The van der Waals surface area contributed by atoms with Gasteiger partial charge in [0.25, 0.3) is 0 Å². The van der Waals surface area contributed by atoms with Crippen molar-refractivity contribution >= 4 is 11.9 Å². The number of nitriles is 1. The van der Waals surface area contributed by atoms with Crippen molar-refractivity contribution in [2.24, 2.45) is 11.8 Å². The third-order valence-electron chi connectivity index (χ3n) is 4.05. The average Bonchev–Trinajstić information content (AvgIpc) is 2.79. The number of hydrogen-bond acceptors (Lipinski definition) is 4. The number of carbonyl (C=O) groups excluding carboxylic acids is 2. The zero-order valence-corrected chi connectivity index (χ0v) is 11.9. The van der Waals surface area contributed by atoms with Gasteiger partial charge in [0, 0.05) is 13.0 Å². The van der Waals surface area contributed by atoms with E-state index in [-0.39, 0.29) is 18.9 Å². The lowest BCUT2D eigenvalue weighted by molar-refractivity contribution is -0.160. The molecule has 0 N–H and O–H groups in total. The Kier molecular flexibility index (Phi) is 4.94. The van der Waals surface area contributed by atoms with E-state index in [2.05, 4.69) is 6.07 Å². The van der Waals surface area contributed by atoms with Gasteiger partial charge >= 0.3 is 12.1 Å². The van der Waals surface area contributed by atoms with E-state index in [4.69, 9.17) is 10.00 Å². The summed E-state index contributed by atoms with van der Waals surface area (Å²) in [5.41, 5.74) is 0. The highest BCUT2D eigenvalue weighted by atomic mass is 19.4. The average molecular weight is 318 g/mol. The van der Waals surface area contributed by atoms with Crippen LogP contribution >= 0.6 is 0 Å². The summed E-state index contributed by atoms with van der Waals surface area (Å²) in [6.45, 7) is -1.62. The molecule has 2 fully saturated rings. The zero-order valence-electron chi connectivity index (χ0n) is 11.9. The topological polar surface area (TPSA) is 70.4 Å². The van der Waals surface area contributed by atoms with Gasteiger partial charge in [0.05, 0.1) is 17.9 Å². The molecule has 5 nitrogen and oxygen atoms in total. The molecule has 0 aromatic heterocycles. The standard InChI is InChI=1S/C14H17F3N2O3/c15-14(16,17)8-19-7-10(5-12(19)20)13(21)22-11-4-2-1-3-9(11)6-18/h9-11H,1-5,7-8H2/t9-,10+,11-/m0/s1. The van der Waals surface area contributed by atoms with Crippen molar-refractivity contribution in [1.29, 1.82) is 5.26 Å². The molecule has 1 amide bonds. The molecule has 0 spiro atoms. The van der Waals surface area contributed by atoms with Crippen LogP contribution in [-0.4, -0.2) is 42.1 Å². The quantitative estimate of drug-likeness (QED) is 0.747. The summed E-state index contributed by atoms with van der Waals surface area (Å²) >= 11 is 0. The Bertz CT molecular complexity index is 487. The van der Waals surface area contributed by atoms with Gasteiger partial charge in [-0.1, -0.05) is 6.42 Å². The van der Waals surface area contributed by atoms with Crippen molar-refractivity contribution in [3.63, 3.8) is 0 Å². The Balaban J connectivity index is 1.91. The van der Waals surface area contributed by atoms with Crippen LogP contribution in [0.1, 0.15) is 32.1 Å². The molecule has 3 atom stereocenters. The molecule has 2 aliphatic rings. The normalized spacial score (nSPS) is 29.3. The molecule has 122 valence electrons. The van der Waals surface area contributed by atoms with Crippen LogP contribution in [0, 0.1) is 23.2 Å². The van der Waals surface area contributed by atoms with Crippen molar-refractivity contribution < 1.29 is 27.5 Å². The summed E-state index contributed by atoms with van der Waals surface area (Å²) in [5, 5.41) is 9.02. The van der Waals surface area contributed by atoms with E-state index in [1.165, 1.54) is 0 Å². The van der Waals surface area contributed by atoms with Gasteiger partial charge in [0.15, 0.2) is 0 Å². The monoisotopic (exact) mass is 318 g/mol. The lowest BCUT2D eigenvalue weighted by atomic mass is 9.87. The van der Waals surface area contributed by atoms with Crippen LogP contribution in [0.15, 0.2) is 0 Å². The first-order valence-corrected chi connectivity index (χ1v) is 7.25. The molecule has 1 heterocycles. The smallest absolute Gasteiger partial charge is 0.406 e. The number of amides is 1. The third kappa shape index (κ3) is 4.12. The summed E-state index contributed by atoms with van der Waals surface area (Å²) in [6, 6.07) is 2.10. The van der Waals surface area contributed by atoms with E-state index in [0.29, 0.717) is 17.7 Å². The maximum atomic E-state index is 12.3. The lowest BCUT2D eigenvalue weighted by Crippen LogP contribution is -2.36. The van der Waals surface area contributed by atoms with Crippen LogP contribution in [0.25, 0.3) is 0 Å². The minimum atomic E-state index is -4.48. The van der Waals surface area contributed by atoms with Gasteiger partial charge in [-0.05, 0) is 19.3 Å². The number of alkyl halides is 3. The summed E-state index contributed by atoms with van der Waals surface area (Å²) in [6.07, 6.45) is -2.29. The summed E-state index contributed by atoms with van der Waals surface area (Å²) in [7, 11) is 0. The van der Waals surface area contributed by atoms with E-state index in [1.807, 2.05) is 0 Å². The van der Waals surface area contributed by atoms with Crippen LogP contribution in [-0.2, 0) is 14.3 Å². The van der Waals surface area contributed by atoms with Gasteiger partial charge in [0.1, 0.15) is 12.6 Å². The predicted molar refractivity (Wildman–Crippen MR) is 68.2 cm³/mol. The fraction of sp³-hybridized carbons (Fsp3) is 0.786. The SMILES string of the molecule is N#C[C@@H]1CCCC[C@@H]1OC(=O)[C@@H]1CC(=O)N(CC(F)(F)F)C1. The highest BCUT2D eigenvalue weighted by molar-refractivity contribution is 5.86. The van der Waals surface area contributed by atoms with Crippen LogP contribution in [0.5, 0.6) is 0 Å². The summed E-state index contributed by atoms with van der Waals surface area (Å²) in [4.78, 5) is 24.2. The molecule has 0 radical (unpaired) electrons. The van der Waals surface area contributed by atoms with E-state index >= 15 is 0 Å². The fourth-order valence-corrected chi connectivity index (χ4v) is 2.93. The Labute approximate surface area is 126 Å². The number of ether oxygens (including phenoxy) is 1. The predicted octanol–water partition coefficient (Wildman–Crippen LogP) is 2.02. The van der Waals surface area contributed by atoms with Gasteiger partial charge in [-0.3, -0.25) is 9.59 Å². The second-order valence-electron chi connectivity index (χ2n) is 5.79. The Morgan fingerprint density at radius 3 is 2.68 bits per heavy atom. The molecule has 0 unspecified atom stereocenters. The maximum Gasteiger partial charge on any atom is 0.406 e. The van der Waals surface area contributed by atoms with Crippen molar-refractivity contribution in [2.75, 3.05) is 13.1 Å². The van der Waals surface area contributed by atoms with E-state index < -0.39 is 36.6 Å². The molecule has 2 rings (SSSR count). The Hall–Kier alpha value is -1.78. The van der Waals surface area contributed by atoms with Crippen molar-refractivity contribution in [3.8, 4) is 6.07 Å². The highest BCUT2D eigenvalue weighted by Crippen LogP contribution is 2.29. The van der Waals surface area contributed by atoms with E-state index in [0.717, 1.165) is 12.8 Å². The van der Waals surface area contributed by atoms with Gasteiger partial charge in [-0.15, -0.1) is 0 Å². The molecule has 22 heavy (non-hydrogen) atoms. The lowest BCUT2D eigenvalue weighted by Gasteiger charge is -2.27. The van der Waals surface area contributed by atoms with Crippen LogP contribution < -0.4 is 0 Å². The zero-order chi connectivity index (χ0) is 16.3. The minimum Gasteiger partial charge on any atom is -0.461 e. The van der Waals surface area contributed by atoms with Crippen LogP contribution in [0.3, 0.4) is 0 Å². The summed E-state index contributed by atoms with van der Waals surface area (Å²) in [5.74, 6) is -2.62. The molecule has 1 saturated carbocycles. The second kappa shape index (κ2) is 6.55. The number of nitrogens with zero attached hydrogens (tertiary/aromatic N) is 2. The fourth-order valence-electron chi connectivity index (χ4n) is 2.93. The highest BCUT2D eigenvalue weighted by Gasteiger charge is 2.42. The largest absolute Gasteiger partial charge is 0.461 e. The third-order valence-corrected chi connectivity index (χ3v) is 4.05. The number of likely N-dealkylation sites (tertiary alicyclic amines) is 1. The van der Waals surface area contributed by atoms with E-state index in [9.17, 15) is 22.8 Å². The van der Waals surface area contributed by atoms with Gasteiger partial charge in [-0.2, -0.15) is 18.4 Å². The number of carbonyl (C=O) groups is 2. The number of esters is 1. The Morgan fingerprint density at radius 2 is 2.05 bits per heavy atom. The summed E-state index contributed by atoms with van der Waals surface area (Å²) < 4.78 is 42.3. The maximum absolute atomic E-state index is 12.3. The molecule has 1 aliphatic heterocycles. The van der Waals surface area contributed by atoms with Crippen molar-refractivity contribution in [3.05, 3.63) is 0 Å². The van der Waals surface area contributed by atoms with Crippen molar-refractivity contribution in [2.45, 2.75) is 44.4 Å². The number of halogens is 3. The van der Waals surface area contributed by atoms with Gasteiger partial charge in [0.2, 0.25) is 5.91 Å². The number of rotatable bonds is 3. The van der Waals surface area contributed by atoms with Crippen molar-refractivity contribution in [1.82, 2.24) is 4.90 Å². The molecule has 0 bridgehead atoms. The molecule has 0 aromatic rings. The van der Waals surface area contributed by atoms with Crippen LogP contribution in [0.4, 0.5) is 13.2 Å². The second-order valence-corrected chi connectivity index (χ2v) is 5.79. The molecular formula is C14H17F3N2O3. The molecule has 8 heteroatoms. The first-order valence-electron chi connectivity index (χ1n) is 7.25. The minimum absolute atomic E-state index is 0.265. The molecule has 1 aliphatic carbocycles. The first kappa shape index (κ1) is 16.6. The first-order chi connectivity index (χ1) is 10.3. The van der Waals surface area contributed by atoms with Crippen LogP contribution in [0.2, 0.25) is 0 Å². The van der Waals surface area contributed by atoms with E-state index in [1.54, 1.807) is 0 Å². The number of hydrogen-bond donors (Lipinski definition) is 0. The molecule has 0 aromatic carbocycles.